The summed E-state index contributed by atoms with van der Waals surface area (Å²) in [7, 11) is 0. The molecular formula is C36H41BrClN3O7. The van der Waals surface area contributed by atoms with E-state index >= 15 is 0 Å². The maximum Gasteiger partial charge on any atom is 0.306 e. The van der Waals surface area contributed by atoms with Crippen LogP contribution in [0.3, 0.4) is 0 Å². The number of hydrogen-bond acceptors (Lipinski definition) is 7. The highest BCUT2D eigenvalue weighted by atomic mass is 79.9. The number of ether oxygens (including phenoxy) is 2. The molecule has 2 N–H and O–H groups in total. The van der Waals surface area contributed by atoms with Crippen LogP contribution in [0.2, 0.25) is 5.02 Å². The van der Waals surface area contributed by atoms with E-state index in [1.807, 2.05) is 43.3 Å². The van der Waals surface area contributed by atoms with Gasteiger partial charge in [0.15, 0.2) is 0 Å². The van der Waals surface area contributed by atoms with Crippen LogP contribution in [0.25, 0.3) is 0 Å². The first-order chi connectivity index (χ1) is 23.1. The van der Waals surface area contributed by atoms with Crippen molar-refractivity contribution in [2.24, 2.45) is 11.8 Å². The van der Waals surface area contributed by atoms with E-state index in [0.29, 0.717) is 23.6 Å². The summed E-state index contributed by atoms with van der Waals surface area (Å²) in [5.74, 6) is -3.56. The van der Waals surface area contributed by atoms with Crippen molar-refractivity contribution >= 4 is 56.9 Å². The Hall–Kier alpha value is -3.51. The van der Waals surface area contributed by atoms with Gasteiger partial charge in [-0.2, -0.15) is 0 Å². The number of likely N-dealkylation sites (tertiary alicyclic amines) is 1. The smallest absolute Gasteiger partial charge is 0.306 e. The molecule has 5 rings (SSSR count). The van der Waals surface area contributed by atoms with Gasteiger partial charge in [0.05, 0.1) is 34.7 Å². The van der Waals surface area contributed by atoms with E-state index in [1.165, 1.54) is 9.80 Å². The Morgan fingerprint density at radius 3 is 2.62 bits per heavy atom. The number of fused-ring (bicyclic) bond motifs is 1. The number of rotatable bonds is 15. The van der Waals surface area contributed by atoms with Gasteiger partial charge < -0.3 is 29.7 Å². The molecule has 2 aromatic carbocycles. The maximum atomic E-state index is 14.8. The molecule has 256 valence electrons. The average molecular weight is 743 g/mol. The SMILES string of the molecule is C=CCCC(=O)OC[C@@H](NC(=O)[C@H]1[C@@H]2O[C@@]3(CC2Br)[C@@H]1C(=O)N(CCCO)[C@@H]3C(=O)N(CC=C)c1c(C)cccc1Cl)c1ccccc1. The molecule has 2 aromatic rings. The maximum absolute atomic E-state index is 14.8. The lowest BCUT2D eigenvalue weighted by Gasteiger charge is -2.37. The number of esters is 1. The zero-order chi connectivity index (χ0) is 34.6. The van der Waals surface area contributed by atoms with Crippen molar-refractivity contribution < 1.29 is 33.8 Å². The zero-order valence-corrected chi connectivity index (χ0v) is 29.2. The van der Waals surface area contributed by atoms with Gasteiger partial charge in [-0.1, -0.05) is 82.1 Å². The fourth-order valence-corrected chi connectivity index (χ4v) is 8.63. The third-order valence-electron chi connectivity index (χ3n) is 9.40. The monoisotopic (exact) mass is 741 g/mol. The fraction of sp³-hybridized carbons (Fsp3) is 0.444. The number of aliphatic hydroxyl groups excluding tert-OH is 1. The molecule has 10 nitrogen and oxygen atoms in total. The van der Waals surface area contributed by atoms with E-state index in [-0.39, 0.29) is 49.9 Å². The number of nitrogens with one attached hydrogen (secondary N) is 1. The molecule has 1 spiro atoms. The largest absolute Gasteiger partial charge is 0.463 e. The molecule has 0 aliphatic carbocycles. The summed E-state index contributed by atoms with van der Waals surface area (Å²) in [6.45, 7) is 9.25. The average Bonchev–Trinajstić information content (AvgIpc) is 3.67. The number of hydrogen-bond donors (Lipinski definition) is 2. The first-order valence-corrected chi connectivity index (χ1v) is 17.4. The van der Waals surface area contributed by atoms with Gasteiger partial charge >= 0.3 is 5.97 Å². The number of aryl methyl sites for hydroxylation is 1. The lowest BCUT2D eigenvalue weighted by atomic mass is 9.70. The number of amides is 3. The van der Waals surface area contributed by atoms with Crippen LogP contribution in [0.5, 0.6) is 0 Å². The van der Waals surface area contributed by atoms with Crippen LogP contribution in [0, 0.1) is 18.8 Å². The first kappa shape index (κ1) is 35.8. The minimum atomic E-state index is -1.32. The summed E-state index contributed by atoms with van der Waals surface area (Å²) in [5, 5.41) is 13.1. The van der Waals surface area contributed by atoms with Crippen LogP contribution in [-0.4, -0.2) is 82.6 Å². The second kappa shape index (κ2) is 15.4. The van der Waals surface area contributed by atoms with E-state index in [2.05, 4.69) is 34.4 Å². The highest BCUT2D eigenvalue weighted by Crippen LogP contribution is 2.60. The van der Waals surface area contributed by atoms with Crippen molar-refractivity contribution in [3.8, 4) is 0 Å². The zero-order valence-electron chi connectivity index (χ0n) is 26.9. The standard InChI is InChI=1S/C36H41BrClN3O7/c1-4-6-16-27(43)47-21-26(23-13-8-7-9-14-23)39-33(44)28-29-34(45)41(18-11-19-42)32(36(29)20-24(37)31(28)48-36)35(46)40(17-5-2)30-22(3)12-10-15-25(30)38/h4-5,7-10,12-15,24,26,28-29,31-32,42H,1-2,6,11,16-21H2,3H3,(H,39,44)/t24?,26-,28-,29+,31-,32-,36+/m1/s1. The van der Waals surface area contributed by atoms with Crippen molar-refractivity contribution in [1.82, 2.24) is 10.2 Å². The molecule has 1 unspecified atom stereocenters. The van der Waals surface area contributed by atoms with Gasteiger partial charge in [-0.15, -0.1) is 13.2 Å². The molecule has 3 heterocycles. The summed E-state index contributed by atoms with van der Waals surface area (Å²) in [4.78, 5) is 58.5. The van der Waals surface area contributed by atoms with Crippen molar-refractivity contribution in [3.05, 3.63) is 90.0 Å². The lowest BCUT2D eigenvalue weighted by Crippen LogP contribution is -2.57. The van der Waals surface area contributed by atoms with Crippen LogP contribution in [-0.2, 0) is 28.7 Å². The number of carbonyl (C=O) groups is 4. The number of para-hydroxylation sites is 1. The number of alkyl halides is 1. The van der Waals surface area contributed by atoms with Gasteiger partial charge in [-0.05, 0) is 43.4 Å². The highest BCUT2D eigenvalue weighted by Gasteiger charge is 2.76. The third kappa shape index (κ3) is 6.70. The van der Waals surface area contributed by atoms with E-state index in [9.17, 15) is 24.3 Å². The predicted molar refractivity (Wildman–Crippen MR) is 186 cm³/mol. The number of benzene rings is 2. The number of aliphatic hydroxyl groups is 1. The molecule has 12 heteroatoms. The fourth-order valence-electron chi connectivity index (χ4n) is 7.37. The Kier molecular flexibility index (Phi) is 11.5. The highest BCUT2D eigenvalue weighted by molar-refractivity contribution is 9.09. The molecular weight excluding hydrogens is 702 g/mol. The van der Waals surface area contributed by atoms with E-state index in [1.54, 1.807) is 24.3 Å². The lowest BCUT2D eigenvalue weighted by molar-refractivity contribution is -0.145. The molecule has 2 bridgehead atoms. The van der Waals surface area contributed by atoms with Crippen molar-refractivity contribution in [3.63, 3.8) is 0 Å². The van der Waals surface area contributed by atoms with Gasteiger partial charge in [0.25, 0.3) is 5.91 Å². The first-order valence-electron chi connectivity index (χ1n) is 16.1. The minimum Gasteiger partial charge on any atom is -0.463 e. The van der Waals surface area contributed by atoms with Crippen LogP contribution < -0.4 is 10.2 Å². The molecule has 3 aliphatic rings. The number of anilines is 1. The summed E-state index contributed by atoms with van der Waals surface area (Å²) in [6, 6.07) is 12.7. The van der Waals surface area contributed by atoms with Crippen LogP contribution in [0.4, 0.5) is 5.69 Å². The molecule has 3 fully saturated rings. The Labute approximate surface area is 294 Å². The Balaban J connectivity index is 1.49. The Morgan fingerprint density at radius 2 is 1.96 bits per heavy atom. The molecule has 0 aromatic heterocycles. The van der Waals surface area contributed by atoms with Crippen LogP contribution >= 0.6 is 27.5 Å². The molecule has 48 heavy (non-hydrogen) atoms. The van der Waals surface area contributed by atoms with E-state index in [4.69, 9.17) is 21.1 Å². The van der Waals surface area contributed by atoms with Gasteiger partial charge in [-0.25, -0.2) is 0 Å². The Bertz CT molecular complexity index is 1540. The van der Waals surface area contributed by atoms with Crippen LogP contribution in [0.1, 0.15) is 42.9 Å². The van der Waals surface area contributed by atoms with Crippen molar-refractivity contribution in [2.45, 2.75) is 61.2 Å². The summed E-state index contributed by atoms with van der Waals surface area (Å²) in [6.07, 6.45) is 3.70. The number of allylic oxidation sites excluding steroid dienone is 1. The second-order valence-corrected chi connectivity index (χ2v) is 14.0. The minimum absolute atomic E-state index is 0.0933. The van der Waals surface area contributed by atoms with Gasteiger partial charge in [0.1, 0.15) is 18.2 Å². The number of nitrogens with zero attached hydrogens (tertiary/aromatic N) is 2. The van der Waals surface area contributed by atoms with Crippen molar-refractivity contribution in [2.75, 3.05) is 31.2 Å². The quantitative estimate of drug-likeness (QED) is 0.155. The number of halogens is 2. The Morgan fingerprint density at radius 1 is 1.21 bits per heavy atom. The van der Waals surface area contributed by atoms with E-state index in [0.717, 1.165) is 11.1 Å². The number of carbonyl (C=O) groups excluding carboxylic acids is 4. The molecule has 3 amide bonds. The summed E-state index contributed by atoms with van der Waals surface area (Å²) < 4.78 is 12.2. The molecule has 0 radical (unpaired) electrons. The predicted octanol–water partition coefficient (Wildman–Crippen LogP) is 4.66. The normalized spacial score (nSPS) is 26.1. The van der Waals surface area contributed by atoms with Crippen molar-refractivity contribution in [1.29, 1.82) is 0 Å². The van der Waals surface area contributed by atoms with Gasteiger partial charge in [0.2, 0.25) is 11.8 Å². The summed E-state index contributed by atoms with van der Waals surface area (Å²) in [5.41, 5.74) is 0.673. The topological polar surface area (TPSA) is 125 Å². The van der Waals surface area contributed by atoms with Crippen LogP contribution in [0.15, 0.2) is 73.8 Å². The van der Waals surface area contributed by atoms with Gasteiger partial charge in [0, 0.05) is 30.9 Å². The molecule has 3 aliphatic heterocycles. The summed E-state index contributed by atoms with van der Waals surface area (Å²) >= 11 is 10.3. The van der Waals surface area contributed by atoms with Gasteiger partial charge in [-0.3, -0.25) is 19.2 Å². The third-order valence-corrected chi connectivity index (χ3v) is 10.6. The molecule has 0 saturated carbocycles. The molecule has 3 saturated heterocycles. The van der Waals surface area contributed by atoms with E-state index < -0.39 is 53.4 Å². The molecule has 7 atom stereocenters. The second-order valence-electron chi connectivity index (χ2n) is 12.4.